The van der Waals surface area contributed by atoms with E-state index in [1.807, 2.05) is 0 Å². The van der Waals surface area contributed by atoms with Crippen LogP contribution in [-0.2, 0) is 6.54 Å². The summed E-state index contributed by atoms with van der Waals surface area (Å²) in [5.41, 5.74) is 2.62. The van der Waals surface area contributed by atoms with E-state index in [9.17, 15) is 0 Å². The van der Waals surface area contributed by atoms with Crippen molar-refractivity contribution >= 4 is 27.7 Å². The molecule has 0 radical (unpaired) electrons. The molecule has 0 spiro atoms. The molecule has 0 amide bonds. The second-order valence-corrected chi connectivity index (χ2v) is 6.35. The van der Waals surface area contributed by atoms with Crippen LogP contribution in [0.2, 0.25) is 0 Å². The summed E-state index contributed by atoms with van der Waals surface area (Å²) in [6.07, 6.45) is 0. The molecule has 0 fully saturated rings. The molecule has 0 aromatic heterocycles. The van der Waals surface area contributed by atoms with Gasteiger partial charge >= 0.3 is 0 Å². The highest BCUT2D eigenvalue weighted by Gasteiger charge is 2.05. The van der Waals surface area contributed by atoms with E-state index >= 15 is 0 Å². The fourth-order valence-corrected chi connectivity index (χ4v) is 3.37. The zero-order chi connectivity index (χ0) is 13.7. The summed E-state index contributed by atoms with van der Waals surface area (Å²) >= 11 is 5.48. The van der Waals surface area contributed by atoms with Gasteiger partial charge in [-0.3, -0.25) is 0 Å². The van der Waals surface area contributed by atoms with Crippen molar-refractivity contribution in [3.63, 3.8) is 0 Å². The zero-order valence-electron chi connectivity index (χ0n) is 11.2. The maximum atomic E-state index is 3.67. The largest absolute Gasteiger partial charge is 0.313 e. The van der Waals surface area contributed by atoms with E-state index in [0.29, 0.717) is 0 Å². The van der Waals surface area contributed by atoms with Gasteiger partial charge in [-0.1, -0.05) is 43.0 Å². The highest BCUT2D eigenvalue weighted by Crippen LogP contribution is 2.35. The lowest BCUT2D eigenvalue weighted by atomic mass is 10.2. The zero-order valence-corrected chi connectivity index (χ0v) is 13.6. The fourth-order valence-electron chi connectivity index (χ4n) is 1.80. The molecule has 0 unspecified atom stereocenters. The number of hydrogen-bond donors (Lipinski definition) is 1. The van der Waals surface area contributed by atoms with Crippen molar-refractivity contribution in [2.75, 3.05) is 6.54 Å². The molecule has 0 atom stereocenters. The molecule has 0 heterocycles. The van der Waals surface area contributed by atoms with Crippen molar-refractivity contribution in [3.8, 4) is 0 Å². The molecule has 0 aliphatic rings. The van der Waals surface area contributed by atoms with Gasteiger partial charge in [-0.2, -0.15) is 0 Å². The first kappa shape index (κ1) is 14.6. The predicted molar refractivity (Wildman–Crippen MR) is 86.8 cm³/mol. The summed E-state index contributed by atoms with van der Waals surface area (Å²) in [6, 6.07) is 15.1. The van der Waals surface area contributed by atoms with Crippen LogP contribution in [0.4, 0.5) is 0 Å². The Morgan fingerprint density at radius 2 is 1.89 bits per heavy atom. The molecule has 2 aromatic rings. The lowest BCUT2D eigenvalue weighted by molar-refractivity contribution is 0.726. The Morgan fingerprint density at radius 3 is 2.58 bits per heavy atom. The first-order valence-corrected chi connectivity index (χ1v) is 8.04. The van der Waals surface area contributed by atoms with Gasteiger partial charge < -0.3 is 5.32 Å². The molecule has 0 bridgehead atoms. The maximum Gasteiger partial charge on any atom is 0.0318 e. The van der Waals surface area contributed by atoms with Gasteiger partial charge in [0.05, 0.1) is 0 Å². The molecule has 2 rings (SSSR count). The maximum absolute atomic E-state index is 3.67. The summed E-state index contributed by atoms with van der Waals surface area (Å²) < 4.78 is 1.16. The van der Waals surface area contributed by atoms with E-state index in [1.54, 1.807) is 11.8 Å². The van der Waals surface area contributed by atoms with Crippen LogP contribution in [0.3, 0.4) is 0 Å². The van der Waals surface area contributed by atoms with E-state index in [-0.39, 0.29) is 0 Å². The van der Waals surface area contributed by atoms with Crippen LogP contribution in [0, 0.1) is 6.92 Å². The monoisotopic (exact) mass is 335 g/mol. The Labute approximate surface area is 127 Å². The van der Waals surface area contributed by atoms with Gasteiger partial charge in [-0.05, 0) is 58.7 Å². The van der Waals surface area contributed by atoms with E-state index in [0.717, 1.165) is 17.6 Å². The van der Waals surface area contributed by atoms with Crippen LogP contribution in [-0.4, -0.2) is 6.54 Å². The minimum Gasteiger partial charge on any atom is -0.313 e. The first-order valence-electron chi connectivity index (χ1n) is 6.43. The van der Waals surface area contributed by atoms with Gasteiger partial charge in [-0.25, -0.2) is 0 Å². The Hall–Kier alpha value is -0.770. The predicted octanol–water partition coefficient (Wildman–Crippen LogP) is 5.02. The second kappa shape index (κ2) is 7.13. The molecular formula is C16H18BrNS. The lowest BCUT2D eigenvalue weighted by Crippen LogP contribution is -2.11. The van der Waals surface area contributed by atoms with Gasteiger partial charge in [0.1, 0.15) is 0 Å². The van der Waals surface area contributed by atoms with E-state index in [2.05, 4.69) is 77.6 Å². The molecule has 0 saturated heterocycles. The molecule has 1 nitrogen and oxygen atoms in total. The molecule has 0 saturated carbocycles. The van der Waals surface area contributed by atoms with Crippen molar-refractivity contribution in [2.45, 2.75) is 30.2 Å². The number of nitrogens with one attached hydrogen (secondary N) is 1. The number of rotatable bonds is 5. The third kappa shape index (κ3) is 4.10. The standard InChI is InChI=1S/C16H18BrNS/c1-3-18-11-13-8-9-16(14(17)10-13)19-15-7-5-4-6-12(15)2/h4-10,18H,3,11H2,1-2H3. The average Bonchev–Trinajstić information content (AvgIpc) is 2.41. The van der Waals surface area contributed by atoms with Crippen LogP contribution >= 0.6 is 27.7 Å². The Kier molecular flexibility index (Phi) is 5.49. The topological polar surface area (TPSA) is 12.0 Å². The summed E-state index contributed by atoms with van der Waals surface area (Å²) in [4.78, 5) is 2.57. The smallest absolute Gasteiger partial charge is 0.0318 e. The van der Waals surface area contributed by atoms with Crippen LogP contribution in [0.15, 0.2) is 56.7 Å². The Morgan fingerprint density at radius 1 is 1.11 bits per heavy atom. The van der Waals surface area contributed by atoms with Crippen LogP contribution < -0.4 is 5.32 Å². The molecule has 100 valence electrons. The van der Waals surface area contributed by atoms with Crippen molar-refractivity contribution in [1.29, 1.82) is 0 Å². The van der Waals surface area contributed by atoms with Crippen LogP contribution in [0.1, 0.15) is 18.1 Å². The molecule has 0 aliphatic carbocycles. The minimum atomic E-state index is 0.921. The molecule has 2 aromatic carbocycles. The van der Waals surface area contributed by atoms with Crippen molar-refractivity contribution in [1.82, 2.24) is 5.32 Å². The second-order valence-electron chi connectivity index (χ2n) is 4.41. The highest BCUT2D eigenvalue weighted by molar-refractivity contribution is 9.10. The van der Waals surface area contributed by atoms with Crippen molar-refractivity contribution in [3.05, 3.63) is 58.1 Å². The number of hydrogen-bond acceptors (Lipinski definition) is 2. The van der Waals surface area contributed by atoms with Gasteiger partial charge in [0.15, 0.2) is 0 Å². The number of aryl methyl sites for hydroxylation is 1. The Balaban J connectivity index is 2.15. The lowest BCUT2D eigenvalue weighted by Gasteiger charge is -2.09. The molecule has 1 N–H and O–H groups in total. The SMILES string of the molecule is CCNCc1ccc(Sc2ccccc2C)c(Br)c1. The Bertz CT molecular complexity index is 554. The van der Waals surface area contributed by atoms with Gasteiger partial charge in [0, 0.05) is 20.8 Å². The van der Waals surface area contributed by atoms with Crippen molar-refractivity contribution < 1.29 is 0 Å². The number of benzene rings is 2. The van der Waals surface area contributed by atoms with Crippen molar-refractivity contribution in [2.24, 2.45) is 0 Å². The summed E-state index contributed by atoms with van der Waals surface area (Å²) in [7, 11) is 0. The third-order valence-corrected chi connectivity index (χ3v) is 5.06. The fraction of sp³-hybridized carbons (Fsp3) is 0.250. The third-order valence-electron chi connectivity index (χ3n) is 2.89. The summed E-state index contributed by atoms with van der Waals surface area (Å²) in [5.74, 6) is 0. The normalized spacial score (nSPS) is 10.7. The molecule has 3 heteroatoms. The molecule has 19 heavy (non-hydrogen) atoms. The minimum absolute atomic E-state index is 0.921. The molecule has 0 aliphatic heterocycles. The van der Waals surface area contributed by atoms with Gasteiger partial charge in [0.2, 0.25) is 0 Å². The van der Waals surface area contributed by atoms with E-state index in [1.165, 1.54) is 20.9 Å². The van der Waals surface area contributed by atoms with Crippen LogP contribution in [0.25, 0.3) is 0 Å². The highest BCUT2D eigenvalue weighted by atomic mass is 79.9. The quantitative estimate of drug-likeness (QED) is 0.823. The first-order chi connectivity index (χ1) is 9.20. The van der Waals surface area contributed by atoms with E-state index < -0.39 is 0 Å². The molecular weight excluding hydrogens is 318 g/mol. The summed E-state index contributed by atoms with van der Waals surface area (Å²) in [6.45, 7) is 6.19. The average molecular weight is 336 g/mol. The van der Waals surface area contributed by atoms with Crippen LogP contribution in [0.5, 0.6) is 0 Å². The van der Waals surface area contributed by atoms with Gasteiger partial charge in [-0.15, -0.1) is 0 Å². The summed E-state index contributed by atoms with van der Waals surface area (Å²) in [5, 5.41) is 3.34. The number of halogens is 1. The van der Waals surface area contributed by atoms with E-state index in [4.69, 9.17) is 0 Å². The van der Waals surface area contributed by atoms with Gasteiger partial charge in [0.25, 0.3) is 0 Å².